The molecule has 1 aromatic rings. The van der Waals surface area contributed by atoms with Crippen LogP contribution in [0.5, 0.6) is 5.88 Å². The summed E-state index contributed by atoms with van der Waals surface area (Å²) in [5.41, 5.74) is 4.18. The number of halogens is 3. The maximum atomic E-state index is 12.1. The lowest BCUT2D eigenvalue weighted by molar-refractivity contribution is -0.141. The van der Waals surface area contributed by atoms with Crippen molar-refractivity contribution in [2.75, 3.05) is 13.2 Å². The molecule has 4 nitrogen and oxygen atoms in total. The van der Waals surface area contributed by atoms with Gasteiger partial charge in [-0.3, -0.25) is 0 Å². The number of rotatable bonds is 4. The second-order valence-corrected chi connectivity index (χ2v) is 2.75. The normalized spacial score (nSPS) is 11.5. The van der Waals surface area contributed by atoms with Gasteiger partial charge in [0.05, 0.1) is 6.61 Å². The minimum atomic E-state index is -4.47. The molecule has 0 aliphatic heterocycles. The molecule has 0 unspecified atom stereocenters. The summed E-state index contributed by atoms with van der Waals surface area (Å²) >= 11 is 0. The highest BCUT2D eigenvalue weighted by Gasteiger charge is 2.32. The quantitative estimate of drug-likeness (QED) is 0.776. The smallest absolute Gasteiger partial charge is 0.435 e. The SMILES string of the molecule is NCCCOc1ccc(C(F)(F)F)nn1. The van der Waals surface area contributed by atoms with E-state index < -0.39 is 11.9 Å². The van der Waals surface area contributed by atoms with Crippen molar-refractivity contribution < 1.29 is 17.9 Å². The lowest BCUT2D eigenvalue weighted by Crippen LogP contribution is -2.10. The Morgan fingerprint density at radius 1 is 1.27 bits per heavy atom. The molecule has 15 heavy (non-hydrogen) atoms. The summed E-state index contributed by atoms with van der Waals surface area (Å²) in [4.78, 5) is 0. The van der Waals surface area contributed by atoms with Gasteiger partial charge in [0.25, 0.3) is 0 Å². The summed E-state index contributed by atoms with van der Waals surface area (Å²) in [6, 6.07) is 1.96. The summed E-state index contributed by atoms with van der Waals surface area (Å²) in [7, 11) is 0. The van der Waals surface area contributed by atoms with Crippen molar-refractivity contribution in [2.45, 2.75) is 12.6 Å². The van der Waals surface area contributed by atoms with Crippen molar-refractivity contribution in [2.24, 2.45) is 5.73 Å². The van der Waals surface area contributed by atoms with Gasteiger partial charge in [0.2, 0.25) is 5.88 Å². The largest absolute Gasteiger partial charge is 0.477 e. The van der Waals surface area contributed by atoms with E-state index in [9.17, 15) is 13.2 Å². The van der Waals surface area contributed by atoms with Crippen LogP contribution in [0.4, 0.5) is 13.2 Å². The number of alkyl halides is 3. The molecular formula is C8H10F3N3O. The fourth-order valence-corrected chi connectivity index (χ4v) is 0.808. The van der Waals surface area contributed by atoms with Gasteiger partial charge in [0, 0.05) is 6.07 Å². The summed E-state index contributed by atoms with van der Waals surface area (Å²) in [6.45, 7) is 0.768. The summed E-state index contributed by atoms with van der Waals surface area (Å²) < 4.78 is 41.2. The first-order valence-corrected chi connectivity index (χ1v) is 4.28. The van der Waals surface area contributed by atoms with Crippen LogP contribution in [0.2, 0.25) is 0 Å². The molecule has 1 rings (SSSR count). The van der Waals surface area contributed by atoms with E-state index in [-0.39, 0.29) is 5.88 Å². The van der Waals surface area contributed by atoms with Crippen LogP contribution < -0.4 is 10.5 Å². The zero-order chi connectivity index (χ0) is 11.3. The summed E-state index contributed by atoms with van der Waals surface area (Å²) in [5.74, 6) is 0.0662. The molecule has 0 amide bonds. The third kappa shape index (κ3) is 3.70. The number of aromatic nitrogens is 2. The van der Waals surface area contributed by atoms with E-state index in [1.165, 1.54) is 0 Å². The Morgan fingerprint density at radius 2 is 2.00 bits per heavy atom. The molecule has 0 aliphatic rings. The maximum absolute atomic E-state index is 12.1. The van der Waals surface area contributed by atoms with Crippen molar-refractivity contribution in [1.29, 1.82) is 0 Å². The molecule has 0 aliphatic carbocycles. The van der Waals surface area contributed by atoms with Crippen LogP contribution in [0.25, 0.3) is 0 Å². The Hall–Kier alpha value is -1.37. The highest BCUT2D eigenvalue weighted by molar-refractivity contribution is 5.13. The zero-order valence-electron chi connectivity index (χ0n) is 7.79. The Morgan fingerprint density at radius 3 is 2.47 bits per heavy atom. The molecule has 0 saturated heterocycles. The van der Waals surface area contributed by atoms with Crippen molar-refractivity contribution in [3.05, 3.63) is 17.8 Å². The van der Waals surface area contributed by atoms with Crippen LogP contribution in [0.3, 0.4) is 0 Å². The van der Waals surface area contributed by atoms with Crippen LogP contribution in [0.1, 0.15) is 12.1 Å². The number of ether oxygens (including phenoxy) is 1. The summed E-state index contributed by atoms with van der Waals surface area (Å²) in [5, 5.41) is 6.28. The first-order chi connectivity index (χ1) is 7.04. The number of hydrogen-bond acceptors (Lipinski definition) is 4. The number of nitrogens with zero attached hydrogens (tertiary/aromatic N) is 2. The highest BCUT2D eigenvalue weighted by Crippen LogP contribution is 2.27. The van der Waals surface area contributed by atoms with Gasteiger partial charge in [-0.25, -0.2) is 0 Å². The fourth-order valence-electron chi connectivity index (χ4n) is 0.808. The molecule has 1 heterocycles. The van der Waals surface area contributed by atoms with Gasteiger partial charge in [-0.1, -0.05) is 0 Å². The molecule has 0 fully saturated rings. The third-order valence-electron chi connectivity index (χ3n) is 1.53. The first-order valence-electron chi connectivity index (χ1n) is 4.28. The third-order valence-corrected chi connectivity index (χ3v) is 1.53. The molecule has 0 atom stereocenters. The predicted octanol–water partition coefficient (Wildman–Crippen LogP) is 1.22. The summed E-state index contributed by atoms with van der Waals surface area (Å²) in [6.07, 6.45) is -3.86. The molecule has 0 radical (unpaired) electrons. The van der Waals surface area contributed by atoms with E-state index in [0.717, 1.165) is 12.1 Å². The minimum Gasteiger partial charge on any atom is -0.477 e. The molecule has 0 saturated carbocycles. The van der Waals surface area contributed by atoms with Crippen molar-refractivity contribution in [3.63, 3.8) is 0 Å². The fraction of sp³-hybridized carbons (Fsp3) is 0.500. The van der Waals surface area contributed by atoms with Crippen molar-refractivity contribution in [1.82, 2.24) is 10.2 Å². The van der Waals surface area contributed by atoms with Crippen molar-refractivity contribution in [3.8, 4) is 5.88 Å². The van der Waals surface area contributed by atoms with Gasteiger partial charge in [0.1, 0.15) is 0 Å². The molecular weight excluding hydrogens is 211 g/mol. The van der Waals surface area contributed by atoms with Crippen molar-refractivity contribution >= 4 is 0 Å². The van der Waals surface area contributed by atoms with Crippen LogP contribution >= 0.6 is 0 Å². The van der Waals surface area contributed by atoms with Crippen LogP contribution in [0, 0.1) is 0 Å². The number of nitrogens with two attached hydrogens (primary N) is 1. The molecule has 1 aromatic heterocycles. The topological polar surface area (TPSA) is 61.0 Å². The predicted molar refractivity (Wildman–Crippen MR) is 46.2 cm³/mol. The molecule has 7 heteroatoms. The van der Waals surface area contributed by atoms with Crippen LogP contribution in [-0.2, 0) is 6.18 Å². The molecule has 0 bridgehead atoms. The first kappa shape index (κ1) is 11.7. The zero-order valence-corrected chi connectivity index (χ0v) is 7.79. The molecule has 84 valence electrons. The van der Waals surface area contributed by atoms with E-state index in [2.05, 4.69) is 10.2 Å². The Kier molecular flexibility index (Phi) is 3.84. The minimum absolute atomic E-state index is 0.0662. The van der Waals surface area contributed by atoms with Gasteiger partial charge in [0.15, 0.2) is 5.69 Å². The lowest BCUT2D eigenvalue weighted by Gasteiger charge is -2.06. The van der Waals surface area contributed by atoms with Crippen LogP contribution in [0.15, 0.2) is 12.1 Å². The lowest BCUT2D eigenvalue weighted by atomic mass is 10.4. The van der Waals surface area contributed by atoms with E-state index >= 15 is 0 Å². The molecule has 2 N–H and O–H groups in total. The monoisotopic (exact) mass is 221 g/mol. The second kappa shape index (κ2) is 4.92. The van der Waals surface area contributed by atoms with E-state index in [1.807, 2.05) is 0 Å². The molecule has 0 spiro atoms. The Balaban J connectivity index is 2.57. The van der Waals surface area contributed by atoms with Gasteiger partial charge in [-0.15, -0.1) is 10.2 Å². The van der Waals surface area contributed by atoms with E-state index in [4.69, 9.17) is 10.5 Å². The van der Waals surface area contributed by atoms with Gasteiger partial charge in [-0.2, -0.15) is 13.2 Å². The van der Waals surface area contributed by atoms with Crippen LogP contribution in [-0.4, -0.2) is 23.3 Å². The average molecular weight is 221 g/mol. The highest BCUT2D eigenvalue weighted by atomic mass is 19.4. The van der Waals surface area contributed by atoms with E-state index in [0.29, 0.717) is 19.6 Å². The van der Waals surface area contributed by atoms with E-state index in [1.54, 1.807) is 0 Å². The Labute approximate surface area is 84.2 Å². The molecule has 0 aromatic carbocycles. The standard InChI is InChI=1S/C8H10F3N3O/c9-8(10,11)6-2-3-7(14-13-6)15-5-1-4-12/h2-3H,1,4-5,12H2. The number of hydrogen-bond donors (Lipinski definition) is 1. The van der Waals surface area contributed by atoms with Gasteiger partial charge in [-0.05, 0) is 19.0 Å². The van der Waals surface area contributed by atoms with Gasteiger partial charge >= 0.3 is 6.18 Å². The second-order valence-electron chi connectivity index (χ2n) is 2.75. The van der Waals surface area contributed by atoms with Gasteiger partial charge < -0.3 is 10.5 Å². The Bertz CT molecular complexity index is 299. The maximum Gasteiger partial charge on any atom is 0.435 e. The average Bonchev–Trinajstić information content (AvgIpc) is 2.18.